The predicted octanol–water partition coefficient (Wildman–Crippen LogP) is 5.63. The summed E-state index contributed by atoms with van der Waals surface area (Å²) in [4.78, 5) is 46.2. The molecule has 0 saturated carbocycles. The van der Waals surface area contributed by atoms with Crippen molar-refractivity contribution in [2.45, 2.75) is 45.6 Å². The minimum Gasteiger partial charge on any atom is -0.478 e. The lowest BCUT2D eigenvalue weighted by Gasteiger charge is -2.30. The zero-order valence-corrected chi connectivity index (χ0v) is 23.4. The number of carbonyl (C=O) groups is 3. The Morgan fingerprint density at radius 2 is 1.79 bits per heavy atom. The first-order valence-corrected chi connectivity index (χ1v) is 13.2. The van der Waals surface area contributed by atoms with E-state index in [1.165, 1.54) is 19.2 Å². The van der Waals surface area contributed by atoms with E-state index < -0.39 is 30.2 Å². The van der Waals surface area contributed by atoms with E-state index in [1.807, 2.05) is 20.8 Å². The van der Waals surface area contributed by atoms with Crippen LogP contribution in [0, 0.1) is 11.8 Å². The highest BCUT2D eigenvalue weighted by Gasteiger charge is 2.40. The molecule has 3 atom stereocenters. The van der Waals surface area contributed by atoms with Crippen LogP contribution in [0.3, 0.4) is 0 Å². The van der Waals surface area contributed by atoms with Crippen LogP contribution < -0.4 is 10.1 Å². The number of nitrogens with one attached hydrogen (secondary N) is 2. The maximum Gasteiger partial charge on any atom is 0.573 e. The number of nitrogens with zero attached hydrogens (tertiary/aromatic N) is 2. The van der Waals surface area contributed by atoms with Gasteiger partial charge in [-0.05, 0) is 42.0 Å². The number of benzene rings is 2. The molecule has 1 fully saturated rings. The average molecular weight is 589 g/mol. The largest absolute Gasteiger partial charge is 0.573 e. The Bertz CT molecular complexity index is 1450. The van der Waals surface area contributed by atoms with E-state index in [9.17, 15) is 32.7 Å². The van der Waals surface area contributed by atoms with Crippen LogP contribution in [-0.4, -0.2) is 64.0 Å². The zero-order chi connectivity index (χ0) is 30.8. The molecule has 2 heterocycles. The fourth-order valence-electron chi connectivity index (χ4n) is 5.01. The lowest BCUT2D eigenvalue weighted by Crippen LogP contribution is -2.51. The third-order valence-electron chi connectivity index (χ3n) is 7.04. The minimum atomic E-state index is -5.01. The van der Waals surface area contributed by atoms with Gasteiger partial charge in [-0.2, -0.15) is 0 Å². The Morgan fingerprint density at radius 1 is 1.12 bits per heavy atom. The topological polar surface area (TPSA) is 134 Å². The van der Waals surface area contributed by atoms with Gasteiger partial charge < -0.3 is 29.8 Å². The van der Waals surface area contributed by atoms with Crippen molar-refractivity contribution < 1.29 is 42.1 Å². The fourth-order valence-corrected chi connectivity index (χ4v) is 5.01. The van der Waals surface area contributed by atoms with Crippen LogP contribution in [0.1, 0.15) is 49.4 Å². The summed E-state index contributed by atoms with van der Waals surface area (Å²) in [5, 5.41) is 11.8. The van der Waals surface area contributed by atoms with Gasteiger partial charge in [-0.15, -0.1) is 13.2 Å². The highest BCUT2D eigenvalue weighted by atomic mass is 19.4. The molecule has 2 amide bonds. The molecular formula is C29H31F3N4O6. The highest BCUT2D eigenvalue weighted by Crippen LogP contribution is 2.37. The maximum atomic E-state index is 13.5. The molecule has 42 heavy (non-hydrogen) atoms. The number of aromatic carboxylic acids is 1. The van der Waals surface area contributed by atoms with Gasteiger partial charge in [0.1, 0.15) is 17.6 Å². The van der Waals surface area contributed by atoms with Crippen molar-refractivity contribution in [3.05, 3.63) is 60.0 Å². The maximum absolute atomic E-state index is 13.5. The Labute approximate surface area is 239 Å². The summed E-state index contributed by atoms with van der Waals surface area (Å²) < 4.78 is 47.8. The average Bonchev–Trinajstić information content (AvgIpc) is 3.57. The molecule has 3 aromatic rings. The van der Waals surface area contributed by atoms with Crippen LogP contribution in [0.15, 0.2) is 48.7 Å². The molecule has 0 spiro atoms. The van der Waals surface area contributed by atoms with Gasteiger partial charge in [0.05, 0.1) is 24.4 Å². The van der Waals surface area contributed by atoms with Crippen LogP contribution in [0.4, 0.5) is 18.0 Å². The number of likely N-dealkylation sites (tertiary alicyclic amines) is 1. The quantitative estimate of drug-likeness (QED) is 0.311. The first-order valence-electron chi connectivity index (χ1n) is 13.2. The number of hydrogen-bond acceptors (Lipinski definition) is 6. The number of halogens is 3. The number of hydrogen-bond donors (Lipinski definition) is 3. The third-order valence-corrected chi connectivity index (χ3v) is 7.04. The van der Waals surface area contributed by atoms with Gasteiger partial charge in [-0.25, -0.2) is 14.6 Å². The van der Waals surface area contributed by atoms with Crippen molar-refractivity contribution in [1.82, 2.24) is 20.2 Å². The Morgan fingerprint density at radius 3 is 2.38 bits per heavy atom. The number of aromatic amines is 1. The van der Waals surface area contributed by atoms with Crippen molar-refractivity contribution in [2.24, 2.45) is 11.8 Å². The molecule has 1 aliphatic heterocycles. The Balaban J connectivity index is 1.58. The first kappa shape index (κ1) is 30.4. The molecular weight excluding hydrogens is 557 g/mol. The van der Waals surface area contributed by atoms with Gasteiger partial charge in [0.2, 0.25) is 5.91 Å². The normalized spacial score (nSPS) is 17.7. The molecule has 1 saturated heterocycles. The number of carbonyl (C=O) groups excluding carboxylic acids is 2. The molecule has 0 radical (unpaired) electrons. The lowest BCUT2D eigenvalue weighted by atomic mass is 10.0. The summed E-state index contributed by atoms with van der Waals surface area (Å²) in [6.07, 6.45) is -3.35. The number of carboxylic acid groups (broad SMARTS) is 1. The molecule has 1 aliphatic rings. The zero-order valence-electron chi connectivity index (χ0n) is 23.4. The van der Waals surface area contributed by atoms with Crippen molar-refractivity contribution in [3.63, 3.8) is 0 Å². The standard InChI is InChI=1S/C29H31F3N4O6/c1-15(2)24(35-28(40)41-4)26(37)36-14-16(3)11-22(36)25-33-13-21(34-25)18-7-5-17(6-8-18)20-10-9-19(27(38)39)12-23(20)42-29(30,31)32/h5-10,12-13,15-16,22,24H,11,14H2,1-4H3,(H,33,34)(H,35,40)(H,38,39). The van der Waals surface area contributed by atoms with Gasteiger partial charge in [-0.3, -0.25) is 4.79 Å². The number of amides is 2. The smallest absolute Gasteiger partial charge is 0.478 e. The molecule has 4 rings (SSSR count). The number of rotatable bonds is 8. The fraction of sp³-hybridized carbons (Fsp3) is 0.379. The van der Waals surface area contributed by atoms with E-state index in [1.54, 1.807) is 35.4 Å². The summed E-state index contributed by atoms with van der Waals surface area (Å²) in [7, 11) is 1.24. The summed E-state index contributed by atoms with van der Waals surface area (Å²) in [6.45, 7) is 6.19. The van der Waals surface area contributed by atoms with E-state index in [4.69, 9.17) is 4.98 Å². The summed E-state index contributed by atoms with van der Waals surface area (Å²) >= 11 is 0. The van der Waals surface area contributed by atoms with Gasteiger partial charge >= 0.3 is 18.4 Å². The number of alkyl carbamates (subject to hydrolysis) is 1. The number of methoxy groups -OCH3 is 1. The van der Waals surface area contributed by atoms with Crippen molar-refractivity contribution in [1.29, 1.82) is 0 Å². The number of ether oxygens (including phenoxy) is 2. The molecule has 3 unspecified atom stereocenters. The van der Waals surface area contributed by atoms with Crippen LogP contribution >= 0.6 is 0 Å². The highest BCUT2D eigenvalue weighted by molar-refractivity contribution is 5.90. The van der Waals surface area contributed by atoms with Crippen LogP contribution in [0.5, 0.6) is 5.75 Å². The minimum absolute atomic E-state index is 0.0703. The number of H-pyrrole nitrogens is 1. The number of carboxylic acids is 1. The molecule has 0 bridgehead atoms. The number of alkyl halides is 3. The van der Waals surface area contributed by atoms with Gasteiger partial charge in [0, 0.05) is 23.9 Å². The van der Waals surface area contributed by atoms with E-state index in [2.05, 4.69) is 19.8 Å². The lowest BCUT2D eigenvalue weighted by molar-refractivity contribution is -0.274. The molecule has 3 N–H and O–H groups in total. The Hall–Kier alpha value is -4.55. The third kappa shape index (κ3) is 6.84. The molecule has 224 valence electrons. The molecule has 2 aromatic carbocycles. The summed E-state index contributed by atoms with van der Waals surface area (Å²) in [5.41, 5.74) is 1.33. The first-order chi connectivity index (χ1) is 19.8. The predicted molar refractivity (Wildman–Crippen MR) is 146 cm³/mol. The van der Waals surface area contributed by atoms with Crippen molar-refractivity contribution in [2.75, 3.05) is 13.7 Å². The van der Waals surface area contributed by atoms with Crippen molar-refractivity contribution >= 4 is 18.0 Å². The van der Waals surface area contributed by atoms with Crippen LogP contribution in [0.2, 0.25) is 0 Å². The summed E-state index contributed by atoms with van der Waals surface area (Å²) in [6, 6.07) is 8.69. The van der Waals surface area contributed by atoms with E-state index in [-0.39, 0.29) is 34.9 Å². The monoisotopic (exact) mass is 588 g/mol. The van der Waals surface area contributed by atoms with Crippen LogP contribution in [0.25, 0.3) is 22.4 Å². The van der Waals surface area contributed by atoms with E-state index in [0.29, 0.717) is 35.6 Å². The van der Waals surface area contributed by atoms with Gasteiger partial charge in [0.15, 0.2) is 0 Å². The molecule has 0 aliphatic carbocycles. The number of imidazole rings is 1. The van der Waals surface area contributed by atoms with Gasteiger partial charge in [0.25, 0.3) is 0 Å². The van der Waals surface area contributed by atoms with Gasteiger partial charge in [-0.1, -0.05) is 45.0 Å². The summed E-state index contributed by atoms with van der Waals surface area (Å²) in [5.74, 6) is -1.66. The van der Waals surface area contributed by atoms with E-state index in [0.717, 1.165) is 6.07 Å². The van der Waals surface area contributed by atoms with Crippen molar-refractivity contribution in [3.8, 4) is 28.1 Å². The second kappa shape index (κ2) is 12.1. The molecule has 10 nitrogen and oxygen atoms in total. The molecule has 13 heteroatoms. The SMILES string of the molecule is COC(=O)NC(C(=O)N1CC(C)CC1c1nc(-c2ccc(-c3ccc(C(=O)O)cc3OC(F)(F)F)cc2)c[nH]1)C(C)C. The van der Waals surface area contributed by atoms with E-state index >= 15 is 0 Å². The number of aromatic nitrogens is 2. The Kier molecular flexibility index (Phi) is 8.78. The van der Waals surface area contributed by atoms with Crippen LogP contribution in [-0.2, 0) is 9.53 Å². The molecule has 1 aromatic heterocycles. The second-order valence-electron chi connectivity index (χ2n) is 10.5. The second-order valence-corrected chi connectivity index (χ2v) is 10.5.